The van der Waals surface area contributed by atoms with E-state index in [9.17, 15) is 8.78 Å². The second kappa shape index (κ2) is 5.31. The Morgan fingerprint density at radius 1 is 1.32 bits per heavy atom. The highest BCUT2D eigenvalue weighted by Crippen LogP contribution is 2.29. The van der Waals surface area contributed by atoms with Gasteiger partial charge in [0, 0.05) is 4.47 Å². The molecule has 19 heavy (non-hydrogen) atoms. The molecule has 0 saturated heterocycles. The van der Waals surface area contributed by atoms with Crippen LogP contribution in [0.3, 0.4) is 0 Å². The molecule has 0 atom stereocenters. The normalized spacial score (nSPS) is 10.3. The molecule has 0 aliphatic carbocycles. The van der Waals surface area contributed by atoms with E-state index in [2.05, 4.69) is 20.9 Å². The molecule has 98 valence electrons. The molecule has 0 aliphatic heterocycles. The van der Waals surface area contributed by atoms with Crippen molar-refractivity contribution in [3.8, 4) is 11.5 Å². The van der Waals surface area contributed by atoms with Crippen molar-refractivity contribution in [3.63, 3.8) is 0 Å². The van der Waals surface area contributed by atoms with Gasteiger partial charge in [0.2, 0.25) is 5.82 Å². The van der Waals surface area contributed by atoms with Gasteiger partial charge in [-0.3, -0.25) is 5.41 Å². The maximum absolute atomic E-state index is 13.5. The Kier molecular flexibility index (Phi) is 3.75. The average Bonchev–Trinajstić information content (AvgIpc) is 2.36. The van der Waals surface area contributed by atoms with Crippen LogP contribution < -0.4 is 10.5 Å². The number of benzene rings is 1. The number of hydrogen-bond acceptors (Lipinski definition) is 3. The lowest BCUT2D eigenvalue weighted by Crippen LogP contribution is -2.12. The minimum Gasteiger partial charge on any atom is -0.453 e. The number of aromatic nitrogens is 1. The number of pyridine rings is 1. The highest BCUT2D eigenvalue weighted by Gasteiger charge is 2.12. The molecule has 0 spiro atoms. The Morgan fingerprint density at radius 3 is 2.63 bits per heavy atom. The number of nitrogens with two attached hydrogens (primary N) is 1. The largest absolute Gasteiger partial charge is 0.453 e. The van der Waals surface area contributed by atoms with Crippen molar-refractivity contribution in [2.24, 2.45) is 5.73 Å². The van der Waals surface area contributed by atoms with Gasteiger partial charge < -0.3 is 10.5 Å². The zero-order valence-electron chi connectivity index (χ0n) is 9.45. The zero-order valence-corrected chi connectivity index (χ0v) is 11.0. The Hall–Kier alpha value is -2.02. The predicted octanol–water partition coefficient (Wildman–Crippen LogP) is 3.20. The molecule has 7 heteroatoms. The summed E-state index contributed by atoms with van der Waals surface area (Å²) >= 11 is 3.04. The maximum Gasteiger partial charge on any atom is 0.201 e. The second-order valence-electron chi connectivity index (χ2n) is 3.59. The first-order valence-electron chi connectivity index (χ1n) is 5.10. The Bertz CT molecular complexity index is 632. The van der Waals surface area contributed by atoms with Crippen molar-refractivity contribution in [2.45, 2.75) is 0 Å². The summed E-state index contributed by atoms with van der Waals surface area (Å²) in [4.78, 5) is 3.85. The quantitative estimate of drug-likeness (QED) is 0.516. The lowest BCUT2D eigenvalue weighted by atomic mass is 10.3. The van der Waals surface area contributed by atoms with Gasteiger partial charge in [0.15, 0.2) is 11.6 Å². The number of ether oxygens (including phenoxy) is 1. The fourth-order valence-electron chi connectivity index (χ4n) is 1.33. The van der Waals surface area contributed by atoms with Gasteiger partial charge >= 0.3 is 0 Å². The summed E-state index contributed by atoms with van der Waals surface area (Å²) in [5.41, 5.74) is 5.52. The van der Waals surface area contributed by atoms with Crippen molar-refractivity contribution >= 4 is 21.8 Å². The molecule has 0 unspecified atom stereocenters. The zero-order chi connectivity index (χ0) is 14.0. The van der Waals surface area contributed by atoms with Gasteiger partial charge in [0.25, 0.3) is 0 Å². The van der Waals surface area contributed by atoms with Crippen LogP contribution in [0, 0.1) is 17.0 Å². The third-order valence-electron chi connectivity index (χ3n) is 2.20. The molecule has 1 aromatic heterocycles. The first-order chi connectivity index (χ1) is 8.97. The lowest BCUT2D eigenvalue weighted by Gasteiger charge is -2.08. The van der Waals surface area contributed by atoms with E-state index in [-0.39, 0.29) is 23.0 Å². The highest BCUT2D eigenvalue weighted by molar-refractivity contribution is 9.10. The van der Waals surface area contributed by atoms with Crippen molar-refractivity contribution in [3.05, 3.63) is 52.3 Å². The lowest BCUT2D eigenvalue weighted by molar-refractivity contribution is 0.414. The SMILES string of the molecule is N=C(N)c1ccc(Oc2cc(Br)cc(F)c2F)cn1. The molecule has 4 nitrogen and oxygen atoms in total. The molecular formula is C12H8BrF2N3O. The van der Waals surface area contributed by atoms with E-state index in [1.165, 1.54) is 24.4 Å². The van der Waals surface area contributed by atoms with Crippen LogP contribution in [0.1, 0.15) is 5.69 Å². The van der Waals surface area contributed by atoms with Gasteiger partial charge in [0.05, 0.1) is 6.20 Å². The molecule has 0 bridgehead atoms. The number of nitrogen functional groups attached to an aromatic ring is 1. The summed E-state index contributed by atoms with van der Waals surface area (Å²) in [6.45, 7) is 0. The topological polar surface area (TPSA) is 72.0 Å². The summed E-state index contributed by atoms with van der Waals surface area (Å²) in [5.74, 6) is -2.34. The summed E-state index contributed by atoms with van der Waals surface area (Å²) in [6.07, 6.45) is 1.27. The molecule has 2 rings (SSSR count). The van der Waals surface area contributed by atoms with Crippen LogP contribution in [0.15, 0.2) is 34.9 Å². The van der Waals surface area contributed by atoms with Gasteiger partial charge in [-0.25, -0.2) is 9.37 Å². The number of rotatable bonds is 3. The monoisotopic (exact) mass is 327 g/mol. The average molecular weight is 328 g/mol. The van der Waals surface area contributed by atoms with Gasteiger partial charge in [-0.05, 0) is 24.3 Å². The molecule has 2 aromatic rings. The summed E-state index contributed by atoms with van der Waals surface area (Å²) in [5, 5.41) is 7.18. The number of halogens is 3. The first kappa shape index (κ1) is 13.4. The van der Waals surface area contributed by atoms with E-state index in [0.717, 1.165) is 6.07 Å². The third kappa shape index (κ3) is 3.05. The van der Waals surface area contributed by atoms with Crippen molar-refractivity contribution < 1.29 is 13.5 Å². The van der Waals surface area contributed by atoms with Crippen LogP contribution in [-0.2, 0) is 0 Å². The fourth-order valence-corrected chi connectivity index (χ4v) is 1.74. The number of amidine groups is 1. The maximum atomic E-state index is 13.5. The molecule has 0 saturated carbocycles. The van der Waals surface area contributed by atoms with Gasteiger partial charge in [-0.2, -0.15) is 4.39 Å². The van der Waals surface area contributed by atoms with Crippen LogP contribution in [-0.4, -0.2) is 10.8 Å². The molecular weight excluding hydrogens is 320 g/mol. The molecule has 1 heterocycles. The first-order valence-corrected chi connectivity index (χ1v) is 5.89. The smallest absolute Gasteiger partial charge is 0.201 e. The van der Waals surface area contributed by atoms with Gasteiger partial charge in [-0.15, -0.1) is 0 Å². The second-order valence-corrected chi connectivity index (χ2v) is 4.51. The summed E-state index contributed by atoms with van der Waals surface area (Å²) in [7, 11) is 0. The van der Waals surface area contributed by atoms with Crippen LogP contribution in [0.2, 0.25) is 0 Å². The van der Waals surface area contributed by atoms with Crippen molar-refractivity contribution in [1.82, 2.24) is 4.98 Å². The van der Waals surface area contributed by atoms with E-state index in [1.807, 2.05) is 0 Å². The van der Waals surface area contributed by atoms with E-state index in [1.54, 1.807) is 0 Å². The minimum atomic E-state index is -1.08. The van der Waals surface area contributed by atoms with E-state index in [4.69, 9.17) is 15.9 Å². The van der Waals surface area contributed by atoms with Gasteiger partial charge in [0.1, 0.15) is 17.3 Å². The van der Waals surface area contributed by atoms with E-state index < -0.39 is 11.6 Å². The van der Waals surface area contributed by atoms with Crippen LogP contribution in [0.5, 0.6) is 11.5 Å². The Morgan fingerprint density at radius 2 is 2.05 bits per heavy atom. The Labute approximate surface area is 115 Å². The molecule has 0 aliphatic rings. The van der Waals surface area contributed by atoms with Crippen molar-refractivity contribution in [1.29, 1.82) is 5.41 Å². The highest BCUT2D eigenvalue weighted by atomic mass is 79.9. The molecule has 0 fully saturated rings. The van der Waals surface area contributed by atoms with E-state index in [0.29, 0.717) is 4.47 Å². The third-order valence-corrected chi connectivity index (χ3v) is 2.66. The summed E-state index contributed by atoms with van der Waals surface area (Å²) < 4.78 is 32.2. The molecule has 0 radical (unpaired) electrons. The molecule has 3 N–H and O–H groups in total. The van der Waals surface area contributed by atoms with Crippen molar-refractivity contribution in [2.75, 3.05) is 0 Å². The standard InChI is InChI=1S/C12H8BrF2N3O/c13-6-3-8(14)11(15)10(4-6)19-7-1-2-9(12(16)17)18-5-7/h1-5H,(H3,16,17). The molecule has 1 aromatic carbocycles. The van der Waals surface area contributed by atoms with Crippen LogP contribution >= 0.6 is 15.9 Å². The number of nitrogens with zero attached hydrogens (tertiary/aromatic N) is 1. The molecule has 0 amide bonds. The van der Waals surface area contributed by atoms with Crippen LogP contribution in [0.4, 0.5) is 8.78 Å². The fraction of sp³-hybridized carbons (Fsp3) is 0. The number of hydrogen-bond donors (Lipinski definition) is 2. The Balaban J connectivity index is 2.28. The predicted molar refractivity (Wildman–Crippen MR) is 69.4 cm³/mol. The minimum absolute atomic E-state index is 0.189. The van der Waals surface area contributed by atoms with E-state index >= 15 is 0 Å². The van der Waals surface area contributed by atoms with Crippen LogP contribution in [0.25, 0.3) is 0 Å². The number of nitrogens with one attached hydrogen (secondary N) is 1. The summed E-state index contributed by atoms with van der Waals surface area (Å²) in [6, 6.07) is 5.21. The van der Waals surface area contributed by atoms with Gasteiger partial charge in [-0.1, -0.05) is 15.9 Å².